The van der Waals surface area contributed by atoms with Crippen molar-refractivity contribution in [2.45, 2.75) is 6.61 Å². The number of benzene rings is 3. The second-order valence-corrected chi connectivity index (χ2v) is 7.49. The van der Waals surface area contributed by atoms with E-state index in [0.717, 1.165) is 22.6 Å². The van der Waals surface area contributed by atoms with E-state index in [0.29, 0.717) is 12.4 Å². The maximum atomic E-state index is 11.8. The molecule has 3 aromatic carbocycles. The standard InChI is InChI=1S/C23H21IN2O4/c1-28-20-10-12-22(13-11-20)30-16-23(27)26-25-14-17-4-8-21(9-5-17)29-15-18-2-6-19(24)7-3-18/h2-14H,15-16H2,1H3,(H,26,27)/b25-14+. The fourth-order valence-corrected chi connectivity index (χ4v) is 2.79. The predicted molar refractivity (Wildman–Crippen MR) is 124 cm³/mol. The zero-order valence-electron chi connectivity index (χ0n) is 16.4. The first-order valence-electron chi connectivity index (χ1n) is 9.18. The van der Waals surface area contributed by atoms with Gasteiger partial charge in [0.15, 0.2) is 6.61 Å². The summed E-state index contributed by atoms with van der Waals surface area (Å²) in [5, 5.41) is 3.95. The first-order chi connectivity index (χ1) is 14.6. The third-order valence-electron chi connectivity index (χ3n) is 4.03. The minimum Gasteiger partial charge on any atom is -0.497 e. The highest BCUT2D eigenvalue weighted by molar-refractivity contribution is 14.1. The predicted octanol–water partition coefficient (Wildman–Crippen LogP) is 4.41. The van der Waals surface area contributed by atoms with Gasteiger partial charge in [-0.2, -0.15) is 5.10 Å². The van der Waals surface area contributed by atoms with Crippen molar-refractivity contribution in [1.82, 2.24) is 5.43 Å². The van der Waals surface area contributed by atoms with Crippen molar-refractivity contribution in [2.24, 2.45) is 5.10 Å². The molecule has 0 spiro atoms. The van der Waals surface area contributed by atoms with Crippen LogP contribution in [-0.2, 0) is 11.4 Å². The highest BCUT2D eigenvalue weighted by Crippen LogP contribution is 2.17. The summed E-state index contributed by atoms with van der Waals surface area (Å²) in [6, 6.07) is 22.6. The Hall–Kier alpha value is -3.07. The molecule has 0 heterocycles. The lowest BCUT2D eigenvalue weighted by Crippen LogP contribution is -2.24. The lowest BCUT2D eigenvalue weighted by atomic mass is 10.2. The number of nitrogens with one attached hydrogen (secondary N) is 1. The summed E-state index contributed by atoms with van der Waals surface area (Å²) in [5.74, 6) is 1.72. The molecule has 3 aromatic rings. The van der Waals surface area contributed by atoms with E-state index in [2.05, 4.69) is 45.3 Å². The quantitative estimate of drug-likeness (QED) is 0.260. The average Bonchev–Trinajstić information content (AvgIpc) is 2.78. The maximum absolute atomic E-state index is 11.8. The first-order valence-corrected chi connectivity index (χ1v) is 10.3. The van der Waals surface area contributed by atoms with Gasteiger partial charge in [0, 0.05) is 3.57 Å². The zero-order valence-corrected chi connectivity index (χ0v) is 18.5. The molecule has 0 fully saturated rings. The number of hydrogen-bond donors (Lipinski definition) is 1. The van der Waals surface area contributed by atoms with Crippen molar-refractivity contribution in [1.29, 1.82) is 0 Å². The molecule has 0 saturated carbocycles. The molecule has 6 nitrogen and oxygen atoms in total. The molecule has 0 aromatic heterocycles. The highest BCUT2D eigenvalue weighted by atomic mass is 127. The van der Waals surface area contributed by atoms with Gasteiger partial charge in [-0.15, -0.1) is 0 Å². The zero-order chi connectivity index (χ0) is 21.2. The highest BCUT2D eigenvalue weighted by Gasteiger charge is 2.02. The Morgan fingerprint density at radius 3 is 2.17 bits per heavy atom. The van der Waals surface area contributed by atoms with Gasteiger partial charge in [0.25, 0.3) is 5.91 Å². The van der Waals surface area contributed by atoms with Crippen molar-refractivity contribution in [2.75, 3.05) is 13.7 Å². The Kier molecular flexibility index (Phi) is 8.08. The fourth-order valence-electron chi connectivity index (χ4n) is 2.43. The number of carbonyl (C=O) groups excluding carboxylic acids is 1. The van der Waals surface area contributed by atoms with E-state index >= 15 is 0 Å². The van der Waals surface area contributed by atoms with Gasteiger partial charge in [-0.1, -0.05) is 12.1 Å². The van der Waals surface area contributed by atoms with Crippen LogP contribution in [0.25, 0.3) is 0 Å². The Bertz CT molecular complexity index is 972. The number of hydrogen-bond acceptors (Lipinski definition) is 5. The minimum absolute atomic E-state index is 0.130. The van der Waals surface area contributed by atoms with Crippen LogP contribution in [0.5, 0.6) is 17.2 Å². The van der Waals surface area contributed by atoms with E-state index < -0.39 is 0 Å². The van der Waals surface area contributed by atoms with Crippen molar-refractivity contribution in [3.8, 4) is 17.2 Å². The SMILES string of the molecule is COc1ccc(OCC(=O)N/N=C/c2ccc(OCc3ccc(I)cc3)cc2)cc1. The maximum Gasteiger partial charge on any atom is 0.277 e. The number of nitrogens with zero attached hydrogens (tertiary/aromatic N) is 1. The van der Waals surface area contributed by atoms with Crippen LogP contribution in [-0.4, -0.2) is 25.8 Å². The number of hydrazone groups is 1. The van der Waals surface area contributed by atoms with Crippen molar-refractivity contribution in [3.05, 3.63) is 87.5 Å². The summed E-state index contributed by atoms with van der Waals surface area (Å²) in [6.07, 6.45) is 1.56. The molecule has 1 amide bonds. The summed E-state index contributed by atoms with van der Waals surface area (Å²) in [7, 11) is 1.59. The van der Waals surface area contributed by atoms with Crippen LogP contribution >= 0.6 is 22.6 Å². The third-order valence-corrected chi connectivity index (χ3v) is 4.75. The number of ether oxygens (including phenoxy) is 3. The molecule has 3 rings (SSSR count). The van der Waals surface area contributed by atoms with E-state index in [1.807, 2.05) is 36.4 Å². The molecule has 0 aliphatic rings. The van der Waals surface area contributed by atoms with Crippen LogP contribution in [0.3, 0.4) is 0 Å². The fraction of sp³-hybridized carbons (Fsp3) is 0.130. The summed E-state index contributed by atoms with van der Waals surface area (Å²) in [4.78, 5) is 11.8. The first kappa shape index (κ1) is 21.6. The van der Waals surface area contributed by atoms with Crippen molar-refractivity contribution < 1.29 is 19.0 Å². The van der Waals surface area contributed by atoms with Gasteiger partial charge in [0.05, 0.1) is 13.3 Å². The third kappa shape index (κ3) is 7.07. The molecular formula is C23H21IN2O4. The molecule has 0 aliphatic carbocycles. The van der Waals surface area contributed by atoms with E-state index in [-0.39, 0.29) is 12.5 Å². The van der Waals surface area contributed by atoms with Crippen LogP contribution in [0.4, 0.5) is 0 Å². The lowest BCUT2D eigenvalue weighted by Gasteiger charge is -2.07. The van der Waals surface area contributed by atoms with Crippen LogP contribution < -0.4 is 19.6 Å². The molecule has 0 aliphatic heterocycles. The van der Waals surface area contributed by atoms with Gasteiger partial charge in [0.1, 0.15) is 23.9 Å². The summed E-state index contributed by atoms with van der Waals surface area (Å²) in [5.41, 5.74) is 4.39. The summed E-state index contributed by atoms with van der Waals surface area (Å²) < 4.78 is 17.4. The molecule has 1 N–H and O–H groups in total. The molecule has 0 atom stereocenters. The van der Waals surface area contributed by atoms with E-state index in [1.54, 1.807) is 37.6 Å². The Morgan fingerprint density at radius 1 is 0.900 bits per heavy atom. The van der Waals surface area contributed by atoms with Gasteiger partial charge in [-0.25, -0.2) is 5.43 Å². The van der Waals surface area contributed by atoms with Gasteiger partial charge < -0.3 is 14.2 Å². The number of halogens is 1. The van der Waals surface area contributed by atoms with Crippen LogP contribution in [0, 0.1) is 3.57 Å². The van der Waals surface area contributed by atoms with Crippen molar-refractivity contribution >= 4 is 34.7 Å². The monoisotopic (exact) mass is 516 g/mol. The second-order valence-electron chi connectivity index (χ2n) is 6.24. The van der Waals surface area contributed by atoms with Gasteiger partial charge in [-0.3, -0.25) is 4.79 Å². The average molecular weight is 516 g/mol. The van der Waals surface area contributed by atoms with Crippen molar-refractivity contribution in [3.63, 3.8) is 0 Å². The van der Waals surface area contributed by atoms with E-state index in [4.69, 9.17) is 14.2 Å². The molecule has 0 unspecified atom stereocenters. The molecule has 0 radical (unpaired) electrons. The smallest absolute Gasteiger partial charge is 0.277 e. The molecule has 0 saturated heterocycles. The van der Waals surface area contributed by atoms with Crippen LogP contribution in [0.1, 0.15) is 11.1 Å². The Labute approximate surface area is 189 Å². The topological polar surface area (TPSA) is 69.2 Å². The number of amides is 1. The molecule has 154 valence electrons. The second kappa shape index (κ2) is 11.2. The van der Waals surface area contributed by atoms with Gasteiger partial charge in [-0.05, 0) is 94.4 Å². The van der Waals surface area contributed by atoms with Gasteiger partial charge in [0.2, 0.25) is 0 Å². The summed E-state index contributed by atoms with van der Waals surface area (Å²) >= 11 is 2.27. The molecule has 30 heavy (non-hydrogen) atoms. The van der Waals surface area contributed by atoms with Crippen LogP contribution in [0.15, 0.2) is 77.9 Å². The van der Waals surface area contributed by atoms with Gasteiger partial charge >= 0.3 is 0 Å². The largest absolute Gasteiger partial charge is 0.497 e. The Balaban J connectivity index is 1.40. The van der Waals surface area contributed by atoms with E-state index in [9.17, 15) is 4.79 Å². The summed E-state index contributed by atoms with van der Waals surface area (Å²) in [6.45, 7) is 0.379. The number of rotatable bonds is 9. The van der Waals surface area contributed by atoms with E-state index in [1.165, 1.54) is 3.57 Å². The Morgan fingerprint density at radius 2 is 1.50 bits per heavy atom. The molecular weight excluding hydrogens is 495 g/mol. The molecule has 0 bridgehead atoms. The van der Waals surface area contributed by atoms with Crippen LogP contribution in [0.2, 0.25) is 0 Å². The number of carbonyl (C=O) groups is 1. The molecule has 7 heteroatoms. The number of methoxy groups -OCH3 is 1. The minimum atomic E-state index is -0.348. The lowest BCUT2D eigenvalue weighted by molar-refractivity contribution is -0.123. The normalized spacial score (nSPS) is 10.6.